The van der Waals surface area contributed by atoms with Crippen LogP contribution in [0.15, 0.2) is 45.0 Å². The molecule has 4 aromatic rings. The van der Waals surface area contributed by atoms with E-state index < -0.39 is 11.2 Å². The van der Waals surface area contributed by atoms with Crippen molar-refractivity contribution < 1.29 is 9.47 Å². The molecule has 29 heavy (non-hydrogen) atoms. The molecule has 0 radical (unpaired) electrons. The third-order valence-corrected chi connectivity index (χ3v) is 4.97. The van der Waals surface area contributed by atoms with Crippen LogP contribution in [0.2, 0.25) is 10.0 Å². The molecule has 4 rings (SSSR count). The van der Waals surface area contributed by atoms with Gasteiger partial charge in [0, 0.05) is 22.0 Å². The van der Waals surface area contributed by atoms with Crippen LogP contribution in [-0.2, 0) is 0 Å². The monoisotopic (exact) mass is 432 g/mol. The van der Waals surface area contributed by atoms with Crippen LogP contribution in [0.1, 0.15) is 5.56 Å². The van der Waals surface area contributed by atoms with Gasteiger partial charge in [0.1, 0.15) is 5.52 Å². The standard InChI is InChI=1S/C19H14Cl2N4O4/c1-28-14-6-11-13(7-15(14)29-2)23-17-16(11)24-19(27)25(18(17)26)22-8-9-3-4-10(20)5-12(9)21/h3-8,23H,1-2H3,(H,24,27)/b22-8+. The Labute approximate surface area is 173 Å². The summed E-state index contributed by atoms with van der Waals surface area (Å²) in [5.74, 6) is 0.964. The van der Waals surface area contributed by atoms with Crippen molar-refractivity contribution in [2.24, 2.45) is 5.10 Å². The van der Waals surface area contributed by atoms with Gasteiger partial charge in [0.25, 0.3) is 0 Å². The molecule has 10 heteroatoms. The molecule has 148 valence electrons. The molecule has 0 bridgehead atoms. The van der Waals surface area contributed by atoms with Gasteiger partial charge in [-0.15, -0.1) is 4.68 Å². The fourth-order valence-electron chi connectivity index (χ4n) is 3.00. The van der Waals surface area contributed by atoms with Crippen LogP contribution >= 0.6 is 23.2 Å². The van der Waals surface area contributed by atoms with E-state index in [0.717, 1.165) is 4.68 Å². The maximum absolute atomic E-state index is 12.9. The van der Waals surface area contributed by atoms with E-state index in [2.05, 4.69) is 15.1 Å². The number of rotatable bonds is 4. The van der Waals surface area contributed by atoms with Crippen LogP contribution in [0, 0.1) is 0 Å². The molecule has 0 saturated carbocycles. The highest BCUT2D eigenvalue weighted by atomic mass is 35.5. The zero-order chi connectivity index (χ0) is 20.7. The zero-order valence-corrected chi connectivity index (χ0v) is 16.8. The number of fused-ring (bicyclic) bond motifs is 3. The molecule has 8 nitrogen and oxygen atoms in total. The van der Waals surface area contributed by atoms with Gasteiger partial charge >= 0.3 is 11.2 Å². The highest BCUT2D eigenvalue weighted by molar-refractivity contribution is 6.36. The Kier molecular flexibility index (Phi) is 4.81. The Bertz CT molecular complexity index is 1400. The molecular weight excluding hydrogens is 419 g/mol. The minimum Gasteiger partial charge on any atom is -0.493 e. The van der Waals surface area contributed by atoms with Gasteiger partial charge in [-0.25, -0.2) is 4.79 Å². The van der Waals surface area contributed by atoms with E-state index in [1.807, 2.05) is 0 Å². The molecule has 0 aliphatic rings. The second kappa shape index (κ2) is 7.31. The number of benzene rings is 2. The molecule has 0 fully saturated rings. The van der Waals surface area contributed by atoms with E-state index in [0.29, 0.717) is 43.5 Å². The predicted molar refractivity (Wildman–Crippen MR) is 113 cm³/mol. The normalized spacial score (nSPS) is 11.6. The number of hydrogen-bond acceptors (Lipinski definition) is 5. The first-order valence-corrected chi connectivity index (χ1v) is 9.10. The number of halogens is 2. The number of nitrogens with zero attached hydrogens (tertiary/aromatic N) is 2. The number of aromatic nitrogens is 3. The lowest BCUT2D eigenvalue weighted by molar-refractivity contribution is 0.356. The maximum Gasteiger partial charge on any atom is 0.350 e. The van der Waals surface area contributed by atoms with Crippen molar-refractivity contribution in [3.63, 3.8) is 0 Å². The van der Waals surface area contributed by atoms with E-state index in [9.17, 15) is 9.59 Å². The Morgan fingerprint density at radius 1 is 1.00 bits per heavy atom. The third kappa shape index (κ3) is 3.26. The van der Waals surface area contributed by atoms with Crippen LogP contribution in [0.5, 0.6) is 11.5 Å². The summed E-state index contributed by atoms with van der Waals surface area (Å²) in [6.07, 6.45) is 1.32. The van der Waals surface area contributed by atoms with Crippen molar-refractivity contribution in [1.29, 1.82) is 0 Å². The topological polar surface area (TPSA) is 101 Å². The predicted octanol–water partition coefficient (Wildman–Crippen LogP) is 3.38. The van der Waals surface area contributed by atoms with Gasteiger partial charge in [-0.1, -0.05) is 29.3 Å². The van der Waals surface area contributed by atoms with Crippen LogP contribution < -0.4 is 20.7 Å². The zero-order valence-electron chi connectivity index (χ0n) is 15.2. The smallest absolute Gasteiger partial charge is 0.350 e. The maximum atomic E-state index is 12.9. The molecule has 0 spiro atoms. The molecule has 2 heterocycles. The summed E-state index contributed by atoms with van der Waals surface area (Å²) in [6.45, 7) is 0. The summed E-state index contributed by atoms with van der Waals surface area (Å²) in [6, 6.07) is 8.17. The highest BCUT2D eigenvalue weighted by Gasteiger charge is 2.16. The average Bonchev–Trinajstić information content (AvgIpc) is 3.05. The Morgan fingerprint density at radius 3 is 2.41 bits per heavy atom. The number of aromatic amines is 2. The number of methoxy groups -OCH3 is 2. The molecule has 0 amide bonds. The van der Waals surface area contributed by atoms with Crippen LogP contribution in [-0.4, -0.2) is 35.1 Å². The summed E-state index contributed by atoms with van der Waals surface area (Å²) in [4.78, 5) is 31.1. The largest absolute Gasteiger partial charge is 0.493 e. The van der Waals surface area contributed by atoms with Gasteiger partial charge in [0.2, 0.25) is 0 Å². The van der Waals surface area contributed by atoms with Crippen molar-refractivity contribution >= 4 is 51.4 Å². The van der Waals surface area contributed by atoms with Crippen LogP contribution in [0.25, 0.3) is 21.9 Å². The van der Waals surface area contributed by atoms with E-state index in [-0.39, 0.29) is 5.52 Å². The first-order valence-electron chi connectivity index (χ1n) is 8.35. The molecule has 2 N–H and O–H groups in total. The van der Waals surface area contributed by atoms with Crippen molar-refractivity contribution in [1.82, 2.24) is 14.6 Å². The van der Waals surface area contributed by atoms with Crippen molar-refractivity contribution in [2.75, 3.05) is 14.2 Å². The second-order valence-electron chi connectivity index (χ2n) is 6.09. The number of nitrogens with one attached hydrogen (secondary N) is 2. The summed E-state index contributed by atoms with van der Waals surface area (Å²) in [5, 5.41) is 5.42. The summed E-state index contributed by atoms with van der Waals surface area (Å²) in [5.41, 5.74) is 0.349. The highest BCUT2D eigenvalue weighted by Crippen LogP contribution is 2.34. The number of hydrogen-bond donors (Lipinski definition) is 2. The fraction of sp³-hybridized carbons (Fsp3) is 0.105. The molecule has 0 saturated heterocycles. The Balaban J connectivity index is 1.90. The summed E-state index contributed by atoms with van der Waals surface area (Å²) in [7, 11) is 3.02. The number of ether oxygens (including phenoxy) is 2. The lowest BCUT2D eigenvalue weighted by atomic mass is 10.2. The Hall–Kier alpha value is -3.23. The minimum absolute atomic E-state index is 0.189. The van der Waals surface area contributed by atoms with Gasteiger partial charge in [-0.2, -0.15) is 5.10 Å². The lowest BCUT2D eigenvalue weighted by Gasteiger charge is -2.06. The van der Waals surface area contributed by atoms with Crippen LogP contribution in [0.4, 0.5) is 0 Å². The van der Waals surface area contributed by atoms with E-state index in [1.54, 1.807) is 30.3 Å². The van der Waals surface area contributed by atoms with E-state index in [4.69, 9.17) is 32.7 Å². The van der Waals surface area contributed by atoms with E-state index in [1.165, 1.54) is 20.4 Å². The number of H-pyrrole nitrogens is 2. The van der Waals surface area contributed by atoms with Gasteiger partial charge in [0.05, 0.1) is 36.5 Å². The van der Waals surface area contributed by atoms with Crippen molar-refractivity contribution in [3.8, 4) is 11.5 Å². The van der Waals surface area contributed by atoms with Gasteiger partial charge in [-0.3, -0.25) is 4.79 Å². The first kappa shape index (κ1) is 19.1. The second-order valence-corrected chi connectivity index (χ2v) is 6.93. The lowest BCUT2D eigenvalue weighted by Crippen LogP contribution is -2.32. The Morgan fingerprint density at radius 2 is 1.72 bits per heavy atom. The first-order chi connectivity index (χ1) is 13.9. The summed E-state index contributed by atoms with van der Waals surface area (Å²) < 4.78 is 11.3. The third-order valence-electron chi connectivity index (χ3n) is 4.41. The van der Waals surface area contributed by atoms with E-state index >= 15 is 0 Å². The molecule has 0 aliphatic carbocycles. The van der Waals surface area contributed by atoms with Crippen molar-refractivity contribution in [3.05, 3.63) is 66.8 Å². The average molecular weight is 433 g/mol. The fourth-order valence-corrected chi connectivity index (χ4v) is 3.46. The molecule has 0 aliphatic heterocycles. The van der Waals surface area contributed by atoms with Crippen molar-refractivity contribution in [2.45, 2.75) is 0 Å². The molecule has 0 unspecified atom stereocenters. The minimum atomic E-state index is -0.695. The SMILES string of the molecule is COc1cc2[nH]c3c(=O)n(/N=C/c4ccc(Cl)cc4Cl)c(=O)[nH]c3c2cc1OC. The quantitative estimate of drug-likeness (QED) is 0.482. The summed E-state index contributed by atoms with van der Waals surface area (Å²) >= 11 is 12.0. The van der Waals surface area contributed by atoms with Gasteiger partial charge in [0.15, 0.2) is 11.5 Å². The van der Waals surface area contributed by atoms with Gasteiger partial charge < -0.3 is 19.4 Å². The molecule has 2 aromatic heterocycles. The van der Waals surface area contributed by atoms with Gasteiger partial charge in [-0.05, 0) is 18.2 Å². The molecule has 2 aromatic carbocycles. The van der Waals surface area contributed by atoms with Crippen LogP contribution in [0.3, 0.4) is 0 Å². The molecular formula is C19H14Cl2N4O4. The molecule has 0 atom stereocenters.